The van der Waals surface area contributed by atoms with Gasteiger partial charge in [-0.2, -0.15) is 5.26 Å². The van der Waals surface area contributed by atoms with E-state index in [4.69, 9.17) is 22.6 Å². The van der Waals surface area contributed by atoms with E-state index in [1.54, 1.807) is 0 Å². The fourth-order valence-electron chi connectivity index (χ4n) is 1.07. The summed E-state index contributed by atoms with van der Waals surface area (Å²) in [6.07, 6.45) is 0. The van der Waals surface area contributed by atoms with E-state index >= 15 is 0 Å². The second-order valence-corrected chi connectivity index (χ2v) is 5.29. The van der Waals surface area contributed by atoms with Crippen LogP contribution in [-0.2, 0) is 10.0 Å². The molecule has 0 radical (unpaired) electrons. The zero-order chi connectivity index (χ0) is 12.2. The lowest BCUT2D eigenvalue weighted by atomic mass is 10.2. The number of benzene rings is 1. The molecule has 1 rings (SSSR count). The molecular formula is C9H10ClN3O2S. The van der Waals surface area contributed by atoms with Crippen molar-refractivity contribution >= 4 is 27.3 Å². The number of hydrogen-bond acceptors (Lipinski definition) is 4. The zero-order valence-electron chi connectivity index (χ0n) is 8.27. The van der Waals surface area contributed by atoms with Crippen molar-refractivity contribution in [3.63, 3.8) is 0 Å². The first-order valence-corrected chi connectivity index (χ1v) is 6.42. The highest BCUT2D eigenvalue weighted by Crippen LogP contribution is 2.21. The topological polar surface area (TPSA) is 96.0 Å². The molecule has 5 nitrogen and oxygen atoms in total. The molecule has 1 aromatic carbocycles. The second-order valence-electron chi connectivity index (χ2n) is 3.01. The minimum absolute atomic E-state index is 0.0117. The van der Waals surface area contributed by atoms with Gasteiger partial charge in [0.25, 0.3) is 0 Å². The predicted molar refractivity (Wildman–Crippen MR) is 62.6 cm³/mol. The van der Waals surface area contributed by atoms with E-state index in [0.717, 1.165) is 0 Å². The summed E-state index contributed by atoms with van der Waals surface area (Å²) in [5.41, 5.74) is 5.54. The highest BCUT2D eigenvalue weighted by atomic mass is 35.5. The number of nitrogens with one attached hydrogen (secondary N) is 1. The van der Waals surface area contributed by atoms with E-state index in [-0.39, 0.29) is 23.5 Å². The first-order valence-electron chi connectivity index (χ1n) is 4.39. The summed E-state index contributed by atoms with van der Waals surface area (Å²) in [6, 6.07) is 6.22. The van der Waals surface area contributed by atoms with Gasteiger partial charge in [-0.1, -0.05) is 11.6 Å². The third kappa shape index (κ3) is 3.38. The lowest BCUT2D eigenvalue weighted by molar-refractivity contribution is 0.601. The first kappa shape index (κ1) is 12.8. The lowest BCUT2D eigenvalue weighted by Crippen LogP contribution is -2.22. The molecule has 0 saturated heterocycles. The van der Waals surface area contributed by atoms with Gasteiger partial charge in [-0.25, -0.2) is 8.42 Å². The van der Waals surface area contributed by atoms with Crippen LogP contribution in [0.15, 0.2) is 18.2 Å². The Hall–Kier alpha value is -1.29. The summed E-state index contributed by atoms with van der Waals surface area (Å²) < 4.78 is 25.1. The molecule has 0 heterocycles. The molecule has 1 aromatic rings. The van der Waals surface area contributed by atoms with Crippen molar-refractivity contribution < 1.29 is 8.42 Å². The molecule has 0 unspecified atom stereocenters. The summed E-state index contributed by atoms with van der Waals surface area (Å²) in [5.74, 6) is -0.204. The van der Waals surface area contributed by atoms with Gasteiger partial charge in [0.2, 0.25) is 10.0 Å². The summed E-state index contributed by atoms with van der Waals surface area (Å²) in [6.45, 7) is 0.0117. The van der Waals surface area contributed by atoms with E-state index in [9.17, 15) is 8.42 Å². The van der Waals surface area contributed by atoms with Crippen molar-refractivity contribution in [3.8, 4) is 6.07 Å². The Morgan fingerprint density at radius 3 is 2.75 bits per heavy atom. The van der Waals surface area contributed by atoms with Gasteiger partial charge in [0, 0.05) is 11.6 Å². The van der Waals surface area contributed by atoms with Gasteiger partial charge in [0.05, 0.1) is 17.0 Å². The third-order valence-corrected chi connectivity index (χ3v) is 3.29. The Kier molecular flexibility index (Phi) is 4.12. The van der Waals surface area contributed by atoms with E-state index in [1.165, 1.54) is 18.2 Å². The van der Waals surface area contributed by atoms with Gasteiger partial charge in [-0.15, -0.1) is 0 Å². The fraction of sp³-hybridized carbons (Fsp3) is 0.222. The van der Waals surface area contributed by atoms with Crippen LogP contribution in [0.4, 0.5) is 5.69 Å². The Balaban J connectivity index is 3.06. The molecule has 3 N–H and O–H groups in total. The van der Waals surface area contributed by atoms with Gasteiger partial charge in [0.1, 0.15) is 6.07 Å². The molecule has 0 fully saturated rings. The Bertz CT molecular complexity index is 522. The molecule has 0 saturated carbocycles. The zero-order valence-corrected chi connectivity index (χ0v) is 9.85. The van der Waals surface area contributed by atoms with Gasteiger partial charge in [-0.05, 0) is 18.2 Å². The predicted octanol–water partition coefficient (Wildman–Crippen LogP) is 0.912. The van der Waals surface area contributed by atoms with Crippen LogP contribution in [0.2, 0.25) is 5.02 Å². The average molecular weight is 260 g/mol. The molecule has 0 aromatic heterocycles. The van der Waals surface area contributed by atoms with Crippen LogP contribution < -0.4 is 10.5 Å². The number of rotatable bonds is 4. The van der Waals surface area contributed by atoms with Crippen molar-refractivity contribution in [2.24, 2.45) is 5.73 Å². The Labute approximate surface area is 98.9 Å². The lowest BCUT2D eigenvalue weighted by Gasteiger charge is -2.08. The number of sulfonamides is 1. The van der Waals surface area contributed by atoms with Crippen LogP contribution in [0.1, 0.15) is 5.56 Å². The quantitative estimate of drug-likeness (QED) is 0.840. The van der Waals surface area contributed by atoms with Crippen molar-refractivity contribution in [1.29, 1.82) is 5.26 Å². The van der Waals surface area contributed by atoms with E-state index in [2.05, 4.69) is 4.72 Å². The molecule has 0 bridgehead atoms. The summed E-state index contributed by atoms with van der Waals surface area (Å²) in [5, 5.41) is 9.13. The van der Waals surface area contributed by atoms with Gasteiger partial charge < -0.3 is 5.73 Å². The van der Waals surface area contributed by atoms with Gasteiger partial charge in [0.15, 0.2) is 0 Å². The van der Waals surface area contributed by atoms with Gasteiger partial charge in [-0.3, -0.25) is 4.72 Å². The van der Waals surface area contributed by atoms with Crippen LogP contribution in [0.5, 0.6) is 0 Å². The average Bonchev–Trinajstić information content (AvgIpc) is 2.17. The minimum atomic E-state index is -3.52. The van der Waals surface area contributed by atoms with Crippen LogP contribution in [0, 0.1) is 11.3 Å². The molecule has 0 amide bonds. The molecule has 0 spiro atoms. The maximum absolute atomic E-state index is 11.4. The standard InChI is InChI=1S/C9H10ClN3O2S/c10-8-2-1-7(6-12)9(5-8)13-16(14,15)4-3-11/h1-2,5,13H,3-4,11H2. The Morgan fingerprint density at radius 1 is 1.50 bits per heavy atom. The Morgan fingerprint density at radius 2 is 2.19 bits per heavy atom. The van der Waals surface area contributed by atoms with Crippen molar-refractivity contribution in [1.82, 2.24) is 0 Å². The molecule has 0 aliphatic carbocycles. The molecule has 0 atom stereocenters. The molecule has 16 heavy (non-hydrogen) atoms. The number of nitrogens with zero attached hydrogens (tertiary/aromatic N) is 1. The smallest absolute Gasteiger partial charge is 0.234 e. The highest BCUT2D eigenvalue weighted by molar-refractivity contribution is 7.92. The monoisotopic (exact) mass is 259 g/mol. The summed E-state index contributed by atoms with van der Waals surface area (Å²) in [7, 11) is -3.52. The van der Waals surface area contributed by atoms with Crippen LogP contribution >= 0.6 is 11.6 Å². The number of nitriles is 1. The van der Waals surface area contributed by atoms with Crippen LogP contribution in [-0.4, -0.2) is 20.7 Å². The van der Waals surface area contributed by atoms with Crippen LogP contribution in [0.25, 0.3) is 0 Å². The van der Waals surface area contributed by atoms with Crippen molar-refractivity contribution in [2.75, 3.05) is 17.0 Å². The van der Waals surface area contributed by atoms with E-state index in [1.807, 2.05) is 6.07 Å². The fourth-order valence-corrected chi connectivity index (χ4v) is 2.16. The van der Waals surface area contributed by atoms with Crippen LogP contribution in [0.3, 0.4) is 0 Å². The van der Waals surface area contributed by atoms with Gasteiger partial charge >= 0.3 is 0 Å². The van der Waals surface area contributed by atoms with E-state index < -0.39 is 10.0 Å². The number of halogens is 1. The largest absolute Gasteiger partial charge is 0.329 e. The molecule has 86 valence electrons. The third-order valence-electron chi connectivity index (χ3n) is 1.75. The normalized spacial score (nSPS) is 10.8. The second kappa shape index (κ2) is 5.16. The molecular weight excluding hydrogens is 250 g/mol. The number of anilines is 1. The molecule has 0 aliphatic heterocycles. The number of nitrogens with two attached hydrogens (primary N) is 1. The summed E-state index contributed by atoms with van der Waals surface area (Å²) >= 11 is 5.71. The van der Waals surface area contributed by atoms with E-state index in [0.29, 0.717) is 5.02 Å². The summed E-state index contributed by atoms with van der Waals surface area (Å²) in [4.78, 5) is 0. The maximum atomic E-state index is 11.4. The maximum Gasteiger partial charge on any atom is 0.234 e. The van der Waals surface area contributed by atoms with Crippen molar-refractivity contribution in [2.45, 2.75) is 0 Å². The minimum Gasteiger partial charge on any atom is -0.329 e. The molecule has 0 aliphatic rings. The first-order chi connectivity index (χ1) is 7.48. The highest BCUT2D eigenvalue weighted by Gasteiger charge is 2.12. The number of hydrogen-bond donors (Lipinski definition) is 2. The SMILES string of the molecule is N#Cc1ccc(Cl)cc1NS(=O)(=O)CCN. The van der Waals surface area contributed by atoms with Crippen molar-refractivity contribution in [3.05, 3.63) is 28.8 Å². The molecule has 7 heteroatoms.